The van der Waals surface area contributed by atoms with E-state index in [9.17, 15) is 0 Å². The van der Waals surface area contributed by atoms with E-state index in [4.69, 9.17) is 0 Å². The van der Waals surface area contributed by atoms with Crippen molar-refractivity contribution < 1.29 is 0 Å². The summed E-state index contributed by atoms with van der Waals surface area (Å²) >= 11 is 0. The molecule has 0 radical (unpaired) electrons. The van der Waals surface area contributed by atoms with E-state index in [1.54, 1.807) is 6.33 Å². The van der Waals surface area contributed by atoms with Crippen LogP contribution in [0.3, 0.4) is 0 Å². The Hall–Kier alpha value is -1.68. The van der Waals surface area contributed by atoms with E-state index in [0.717, 1.165) is 25.5 Å². The van der Waals surface area contributed by atoms with Gasteiger partial charge in [0.05, 0.1) is 0 Å². The summed E-state index contributed by atoms with van der Waals surface area (Å²) in [6.07, 6.45) is 6.57. The van der Waals surface area contributed by atoms with Crippen molar-refractivity contribution in [2.24, 2.45) is 7.05 Å². The lowest BCUT2D eigenvalue weighted by atomic mass is 9.95. The Morgan fingerprint density at radius 1 is 1.18 bits per heavy atom. The van der Waals surface area contributed by atoms with E-state index in [-0.39, 0.29) is 0 Å². The maximum atomic E-state index is 4.27. The highest BCUT2D eigenvalue weighted by Gasteiger charge is 2.23. The molecule has 0 aliphatic carbocycles. The van der Waals surface area contributed by atoms with Crippen molar-refractivity contribution in [1.82, 2.24) is 19.7 Å². The van der Waals surface area contributed by atoms with Crippen LogP contribution in [0.4, 0.5) is 0 Å². The molecule has 2 aromatic rings. The topological polar surface area (TPSA) is 34.0 Å². The molecule has 0 unspecified atom stereocenters. The van der Waals surface area contributed by atoms with Gasteiger partial charge in [-0.25, -0.2) is 0 Å². The Labute approximate surface area is 133 Å². The number of nitrogens with zero attached hydrogens (tertiary/aromatic N) is 4. The zero-order valence-electron chi connectivity index (χ0n) is 13.7. The molecule has 1 aromatic heterocycles. The minimum Gasteiger partial charge on any atom is -0.320 e. The molecule has 0 N–H and O–H groups in total. The van der Waals surface area contributed by atoms with Crippen molar-refractivity contribution in [3.8, 4) is 0 Å². The van der Waals surface area contributed by atoms with Crippen LogP contribution in [0.15, 0.2) is 30.6 Å². The maximum Gasteiger partial charge on any atom is 0.135 e. The van der Waals surface area contributed by atoms with Gasteiger partial charge in [0, 0.05) is 19.5 Å². The van der Waals surface area contributed by atoms with Crippen LogP contribution in [-0.4, -0.2) is 32.8 Å². The molecule has 4 heteroatoms. The van der Waals surface area contributed by atoms with E-state index in [1.165, 1.54) is 36.8 Å². The Kier molecular flexibility index (Phi) is 4.88. The van der Waals surface area contributed by atoms with Crippen LogP contribution >= 0.6 is 0 Å². The quantitative estimate of drug-likeness (QED) is 0.850. The SMILES string of the molecule is CCCc1cccc(CN2CCC(c3nncn3C)CC2)c1. The zero-order valence-corrected chi connectivity index (χ0v) is 13.7. The standard InChI is InChI=1S/C18H26N4/c1-3-5-15-6-4-7-16(12-15)13-22-10-8-17(9-11-22)18-20-19-14-21(18)2/h4,6-7,12,14,17H,3,5,8-11,13H2,1-2H3. The normalized spacial score (nSPS) is 17.0. The van der Waals surface area contributed by atoms with Gasteiger partial charge >= 0.3 is 0 Å². The summed E-state index contributed by atoms with van der Waals surface area (Å²) in [6.45, 7) is 5.61. The lowest BCUT2D eigenvalue weighted by Gasteiger charge is -2.31. The summed E-state index contributed by atoms with van der Waals surface area (Å²) < 4.78 is 2.06. The average Bonchev–Trinajstić information content (AvgIpc) is 2.95. The Morgan fingerprint density at radius 3 is 2.64 bits per heavy atom. The first kappa shape index (κ1) is 15.2. The van der Waals surface area contributed by atoms with E-state index >= 15 is 0 Å². The molecule has 0 bridgehead atoms. The second-order valence-corrected chi connectivity index (χ2v) is 6.42. The number of hydrogen-bond donors (Lipinski definition) is 0. The second-order valence-electron chi connectivity index (χ2n) is 6.42. The van der Waals surface area contributed by atoms with E-state index in [0.29, 0.717) is 5.92 Å². The van der Waals surface area contributed by atoms with Crippen LogP contribution in [0.5, 0.6) is 0 Å². The minimum atomic E-state index is 0.565. The van der Waals surface area contributed by atoms with Crippen LogP contribution in [0, 0.1) is 0 Å². The van der Waals surface area contributed by atoms with Crippen LogP contribution in [0.2, 0.25) is 0 Å². The van der Waals surface area contributed by atoms with Gasteiger partial charge in [-0.2, -0.15) is 0 Å². The molecule has 1 aliphatic heterocycles. The van der Waals surface area contributed by atoms with Gasteiger partial charge < -0.3 is 4.57 Å². The van der Waals surface area contributed by atoms with Crippen molar-refractivity contribution in [2.45, 2.75) is 45.1 Å². The Bertz CT molecular complexity index is 597. The molecule has 118 valence electrons. The predicted molar refractivity (Wildman–Crippen MR) is 88.7 cm³/mol. The molecule has 1 aliphatic rings. The lowest BCUT2D eigenvalue weighted by Crippen LogP contribution is -2.33. The van der Waals surface area contributed by atoms with Crippen molar-refractivity contribution in [2.75, 3.05) is 13.1 Å². The average molecular weight is 298 g/mol. The summed E-state index contributed by atoms with van der Waals surface area (Å²) in [5.74, 6) is 1.71. The molecule has 2 heterocycles. The number of likely N-dealkylation sites (tertiary alicyclic amines) is 1. The highest BCUT2D eigenvalue weighted by Crippen LogP contribution is 2.26. The first-order valence-corrected chi connectivity index (χ1v) is 8.40. The fourth-order valence-electron chi connectivity index (χ4n) is 3.44. The van der Waals surface area contributed by atoms with Gasteiger partial charge in [0.2, 0.25) is 0 Å². The fraction of sp³-hybridized carbons (Fsp3) is 0.556. The third-order valence-electron chi connectivity index (χ3n) is 4.64. The summed E-state index contributed by atoms with van der Waals surface area (Å²) in [4.78, 5) is 2.57. The molecule has 0 spiro atoms. The van der Waals surface area contributed by atoms with Crippen molar-refractivity contribution >= 4 is 0 Å². The smallest absolute Gasteiger partial charge is 0.135 e. The summed E-state index contributed by atoms with van der Waals surface area (Å²) in [6, 6.07) is 9.08. The van der Waals surface area contributed by atoms with E-state index < -0.39 is 0 Å². The fourth-order valence-corrected chi connectivity index (χ4v) is 3.44. The van der Waals surface area contributed by atoms with Crippen LogP contribution in [0.1, 0.15) is 49.1 Å². The van der Waals surface area contributed by atoms with Gasteiger partial charge in [-0.15, -0.1) is 10.2 Å². The third kappa shape index (κ3) is 3.55. The van der Waals surface area contributed by atoms with Gasteiger partial charge in [0.1, 0.15) is 12.2 Å². The van der Waals surface area contributed by atoms with Crippen LogP contribution < -0.4 is 0 Å². The largest absolute Gasteiger partial charge is 0.320 e. The molecule has 1 saturated heterocycles. The summed E-state index contributed by atoms with van der Waals surface area (Å²) in [5.41, 5.74) is 2.91. The lowest BCUT2D eigenvalue weighted by molar-refractivity contribution is 0.200. The number of aromatic nitrogens is 3. The molecule has 3 rings (SSSR count). The number of benzene rings is 1. The van der Waals surface area contributed by atoms with Crippen molar-refractivity contribution in [3.63, 3.8) is 0 Å². The highest BCUT2D eigenvalue weighted by molar-refractivity contribution is 5.23. The van der Waals surface area contributed by atoms with Gasteiger partial charge in [-0.1, -0.05) is 37.6 Å². The molecule has 1 fully saturated rings. The number of hydrogen-bond acceptors (Lipinski definition) is 3. The number of aryl methyl sites for hydroxylation is 2. The molecule has 1 aromatic carbocycles. The Balaban J connectivity index is 1.56. The first-order valence-electron chi connectivity index (χ1n) is 8.40. The number of rotatable bonds is 5. The van der Waals surface area contributed by atoms with Crippen molar-refractivity contribution in [1.29, 1.82) is 0 Å². The Morgan fingerprint density at radius 2 is 1.95 bits per heavy atom. The van der Waals surface area contributed by atoms with Crippen LogP contribution in [-0.2, 0) is 20.0 Å². The minimum absolute atomic E-state index is 0.565. The summed E-state index contributed by atoms with van der Waals surface area (Å²) in [7, 11) is 2.04. The van der Waals surface area contributed by atoms with E-state index in [2.05, 4.69) is 50.9 Å². The first-order chi connectivity index (χ1) is 10.8. The molecular weight excluding hydrogens is 272 g/mol. The maximum absolute atomic E-state index is 4.27. The van der Waals surface area contributed by atoms with Gasteiger partial charge in [0.25, 0.3) is 0 Å². The second kappa shape index (κ2) is 7.05. The number of piperidine rings is 1. The van der Waals surface area contributed by atoms with Gasteiger partial charge in [0.15, 0.2) is 0 Å². The zero-order chi connectivity index (χ0) is 15.4. The van der Waals surface area contributed by atoms with Crippen molar-refractivity contribution in [3.05, 3.63) is 47.5 Å². The molecule has 0 atom stereocenters. The highest BCUT2D eigenvalue weighted by atomic mass is 15.3. The predicted octanol–water partition coefficient (Wildman–Crippen LogP) is 3.15. The van der Waals surface area contributed by atoms with Gasteiger partial charge in [-0.3, -0.25) is 4.90 Å². The molecule has 22 heavy (non-hydrogen) atoms. The molecule has 0 saturated carbocycles. The van der Waals surface area contributed by atoms with Crippen LogP contribution in [0.25, 0.3) is 0 Å². The molecule has 4 nitrogen and oxygen atoms in total. The van der Waals surface area contributed by atoms with E-state index in [1.807, 2.05) is 7.05 Å². The summed E-state index contributed by atoms with van der Waals surface area (Å²) in [5, 5.41) is 8.29. The molecule has 0 amide bonds. The van der Waals surface area contributed by atoms with Gasteiger partial charge in [-0.05, 0) is 43.5 Å². The molecular formula is C18H26N4. The third-order valence-corrected chi connectivity index (χ3v) is 4.64. The monoisotopic (exact) mass is 298 g/mol.